The van der Waals surface area contributed by atoms with Gasteiger partial charge in [-0.05, 0) is 174 Å². The summed E-state index contributed by atoms with van der Waals surface area (Å²) >= 11 is 0. The van der Waals surface area contributed by atoms with Crippen molar-refractivity contribution in [3.63, 3.8) is 0 Å². The van der Waals surface area contributed by atoms with Gasteiger partial charge in [-0.25, -0.2) is 0 Å². The van der Waals surface area contributed by atoms with Gasteiger partial charge >= 0.3 is 0 Å². The van der Waals surface area contributed by atoms with E-state index in [1.165, 1.54) is 76.5 Å². The van der Waals surface area contributed by atoms with Gasteiger partial charge in [0, 0.05) is 10.8 Å². The molecule has 364 valence electrons. The molecule has 0 unspecified atom stereocenters. The van der Waals surface area contributed by atoms with Crippen LogP contribution in [0.1, 0.15) is 22.1 Å². The molecule has 78 heavy (non-hydrogen) atoms. The predicted molar refractivity (Wildman–Crippen MR) is 334 cm³/mol. The summed E-state index contributed by atoms with van der Waals surface area (Å²) in [6.07, 6.45) is 0.130. The van der Waals surface area contributed by atoms with Gasteiger partial charge in [-0.15, -0.1) is 0 Å². The van der Waals surface area contributed by atoms with Crippen molar-refractivity contribution in [2.75, 3.05) is 0 Å². The van der Waals surface area contributed by atoms with Crippen LogP contribution in [0.4, 0.5) is 0 Å². The lowest BCUT2D eigenvalue weighted by atomic mass is 9.85. The molecule has 16 rings (SSSR count). The zero-order valence-electron chi connectivity index (χ0n) is 50.2. The predicted octanol–water partition coefficient (Wildman–Crippen LogP) is 21.6. The second kappa shape index (κ2) is 18.9. The zero-order chi connectivity index (χ0) is 58.5. The van der Waals surface area contributed by atoms with Crippen LogP contribution < -0.4 is 0 Å². The SMILES string of the molecule is [2H]c1c([2H])c([2H])c2c(-c3ccccc3)c3c([2H])c([2H])c([2H])c([2H])c3c(Cc3cccc4oc5cc6ccccc6cc5c34)c2c1[2H].c1cc(-c2ccc3ccccc3c2)cc(-c2c3ccccc3c(-c3ccc4ccccc4c3)c3ccccc23)c1. The lowest BCUT2D eigenvalue weighted by Crippen LogP contribution is -1.96. The Kier molecular flexibility index (Phi) is 9.13. The summed E-state index contributed by atoms with van der Waals surface area (Å²) in [5, 5.41) is 14.9. The minimum atomic E-state index is -0.407. The van der Waals surface area contributed by atoms with Crippen LogP contribution in [0.15, 0.2) is 295 Å². The maximum atomic E-state index is 9.14. The molecule has 0 saturated heterocycles. The van der Waals surface area contributed by atoms with Gasteiger partial charge in [-0.3, -0.25) is 0 Å². The van der Waals surface area contributed by atoms with Crippen molar-refractivity contribution in [3.8, 4) is 44.5 Å². The number of hydrogen-bond donors (Lipinski definition) is 0. The average molecular weight is 999 g/mol. The molecule has 0 spiro atoms. The van der Waals surface area contributed by atoms with Crippen molar-refractivity contribution < 1.29 is 15.4 Å². The van der Waals surface area contributed by atoms with Crippen LogP contribution in [-0.4, -0.2) is 0 Å². The number of rotatable bonds is 6. The largest absolute Gasteiger partial charge is 0.456 e. The third kappa shape index (κ3) is 7.78. The molecule has 1 heterocycles. The summed E-state index contributed by atoms with van der Waals surface area (Å²) in [6.45, 7) is 0. The molecular weight excluding hydrogens is 941 g/mol. The summed E-state index contributed by atoms with van der Waals surface area (Å²) < 4.78 is 77.2. The Bertz CT molecular complexity index is 5360. The van der Waals surface area contributed by atoms with Gasteiger partial charge in [0.15, 0.2) is 0 Å². The smallest absolute Gasteiger partial charge is 0.136 e. The highest BCUT2D eigenvalue weighted by Gasteiger charge is 2.20. The zero-order valence-corrected chi connectivity index (χ0v) is 42.2. The van der Waals surface area contributed by atoms with E-state index in [0.29, 0.717) is 27.9 Å². The van der Waals surface area contributed by atoms with Gasteiger partial charge in [-0.1, -0.05) is 255 Å². The van der Waals surface area contributed by atoms with E-state index >= 15 is 0 Å². The fourth-order valence-corrected chi connectivity index (χ4v) is 12.0. The molecule has 0 fully saturated rings. The van der Waals surface area contributed by atoms with E-state index in [-0.39, 0.29) is 52.1 Å². The van der Waals surface area contributed by atoms with E-state index in [0.717, 1.165) is 27.1 Å². The van der Waals surface area contributed by atoms with Crippen molar-refractivity contribution in [1.29, 1.82) is 0 Å². The number of furan rings is 1. The maximum Gasteiger partial charge on any atom is 0.136 e. The summed E-state index contributed by atoms with van der Waals surface area (Å²) in [6, 6.07) is 81.7. The normalized spacial score (nSPS) is 13.1. The van der Waals surface area contributed by atoms with Crippen molar-refractivity contribution in [1.82, 2.24) is 0 Å². The van der Waals surface area contributed by atoms with E-state index in [1.54, 1.807) is 24.3 Å². The van der Waals surface area contributed by atoms with Crippen LogP contribution in [0.5, 0.6) is 0 Å². The Morgan fingerprint density at radius 2 is 0.692 bits per heavy atom. The molecule has 15 aromatic carbocycles. The minimum absolute atomic E-state index is 0.130. The fourth-order valence-electron chi connectivity index (χ4n) is 12.0. The van der Waals surface area contributed by atoms with Gasteiger partial charge in [0.05, 0.1) is 11.0 Å². The van der Waals surface area contributed by atoms with E-state index in [2.05, 4.69) is 164 Å². The summed E-state index contributed by atoms with van der Waals surface area (Å²) in [4.78, 5) is 0. The molecule has 0 atom stereocenters. The molecule has 0 amide bonds. The third-order valence-corrected chi connectivity index (χ3v) is 15.6. The first-order valence-electron chi connectivity index (χ1n) is 30.4. The second-order valence-corrected chi connectivity index (χ2v) is 20.0. The molecule has 1 aromatic heterocycles. The van der Waals surface area contributed by atoms with E-state index < -0.39 is 24.2 Å². The summed E-state index contributed by atoms with van der Waals surface area (Å²) in [5.74, 6) is 0. The van der Waals surface area contributed by atoms with Crippen LogP contribution in [-0.2, 0) is 6.42 Å². The molecule has 1 nitrogen and oxygen atoms in total. The first kappa shape index (κ1) is 37.6. The highest BCUT2D eigenvalue weighted by atomic mass is 16.3. The molecular formula is C77H50O. The third-order valence-electron chi connectivity index (χ3n) is 15.6. The Labute approximate surface area is 463 Å². The molecule has 0 aliphatic heterocycles. The average Bonchev–Trinajstić information content (AvgIpc) is 0.836. The van der Waals surface area contributed by atoms with Gasteiger partial charge in [-0.2, -0.15) is 0 Å². The molecule has 16 aromatic rings. The van der Waals surface area contributed by atoms with Crippen LogP contribution in [0, 0.1) is 0 Å². The molecule has 0 aliphatic carbocycles. The van der Waals surface area contributed by atoms with Crippen molar-refractivity contribution >= 4 is 97.3 Å². The number of fused-ring (bicyclic) bond motifs is 10. The highest BCUT2D eigenvalue weighted by Crippen LogP contribution is 2.46. The van der Waals surface area contributed by atoms with E-state index in [9.17, 15) is 0 Å². The summed E-state index contributed by atoms with van der Waals surface area (Å²) in [5.41, 5.74) is 11.1. The van der Waals surface area contributed by atoms with E-state index in [1.807, 2.05) is 54.6 Å². The van der Waals surface area contributed by atoms with Crippen LogP contribution >= 0.6 is 0 Å². The first-order valence-corrected chi connectivity index (χ1v) is 26.4. The van der Waals surface area contributed by atoms with Gasteiger partial charge < -0.3 is 4.42 Å². The summed E-state index contributed by atoms with van der Waals surface area (Å²) in [7, 11) is 0. The number of hydrogen-bond acceptors (Lipinski definition) is 1. The van der Waals surface area contributed by atoms with Gasteiger partial charge in [0.25, 0.3) is 0 Å². The molecule has 0 radical (unpaired) electrons. The quantitative estimate of drug-likeness (QED) is 0.151. The second-order valence-electron chi connectivity index (χ2n) is 20.0. The van der Waals surface area contributed by atoms with Crippen LogP contribution in [0.2, 0.25) is 0 Å². The molecule has 0 saturated carbocycles. The van der Waals surface area contributed by atoms with Crippen LogP contribution in [0.25, 0.3) is 142 Å². The Hall–Kier alpha value is -10.1. The lowest BCUT2D eigenvalue weighted by molar-refractivity contribution is 0.669. The lowest BCUT2D eigenvalue weighted by Gasteiger charge is -2.18. The topological polar surface area (TPSA) is 13.1 Å². The molecule has 0 N–H and O–H groups in total. The standard InChI is InChI=1S/C40H26.C37H24O/c1-3-12-29-24-32(22-20-27(29)10-1)31-14-9-15-33(26-31)39-35-16-5-7-18-37(35)40(38-19-8-6-17-36(38)39)34-23-21-28-11-2-4-13-30(28)25-34;1-2-11-24(12-3-1)36-30-18-8-6-16-28(30)32(29-17-7-9-19-31(29)36)22-27-15-10-20-34-37(27)33-21-25-13-4-5-14-26(25)23-35(33)38-34/h1-26H;1-21,23H,22H2/i;6D,7D,8D,9D,16D,17D,18D,19D. The molecule has 0 aliphatic rings. The van der Waals surface area contributed by atoms with Crippen molar-refractivity contribution in [2.24, 2.45) is 0 Å². The molecule has 0 bridgehead atoms. The molecule has 1 heteroatoms. The Morgan fingerprint density at radius 1 is 0.269 bits per heavy atom. The monoisotopic (exact) mass is 998 g/mol. The van der Waals surface area contributed by atoms with Gasteiger partial charge in [0.2, 0.25) is 0 Å². The van der Waals surface area contributed by atoms with Crippen molar-refractivity contribution in [3.05, 3.63) is 302 Å². The van der Waals surface area contributed by atoms with Crippen LogP contribution in [0.3, 0.4) is 0 Å². The van der Waals surface area contributed by atoms with Crippen molar-refractivity contribution in [2.45, 2.75) is 6.42 Å². The number of benzene rings is 15. The fraction of sp³-hybridized carbons (Fsp3) is 0.0130. The maximum absolute atomic E-state index is 9.14. The highest BCUT2D eigenvalue weighted by molar-refractivity contribution is 6.22. The first-order chi connectivity index (χ1) is 42.0. The van der Waals surface area contributed by atoms with Gasteiger partial charge in [0.1, 0.15) is 11.2 Å². The minimum Gasteiger partial charge on any atom is -0.456 e. The Balaban J connectivity index is 0.000000147. The van der Waals surface area contributed by atoms with E-state index in [4.69, 9.17) is 15.4 Å². The Morgan fingerprint density at radius 3 is 1.29 bits per heavy atom.